The predicted octanol–water partition coefficient (Wildman–Crippen LogP) is 2.20. The van der Waals surface area contributed by atoms with Gasteiger partial charge in [0.1, 0.15) is 6.29 Å². The number of benzene rings is 1. The van der Waals surface area contributed by atoms with E-state index in [0.717, 1.165) is 32.1 Å². The fraction of sp³-hybridized carbons (Fsp3) is 0.462. The molecule has 2 nitrogen and oxygen atoms in total. The Labute approximate surface area is 90.9 Å². The van der Waals surface area contributed by atoms with Crippen molar-refractivity contribution < 1.29 is 4.79 Å². The Balaban J connectivity index is 2.06. The standard InChI is InChI=1S/C13H17NO/c1-14-8-7-12-10-11(4-2-3-9-15)5-6-13(12)14/h5-6,9-10H,2-4,7-8H2,1H3. The van der Waals surface area contributed by atoms with Gasteiger partial charge < -0.3 is 9.69 Å². The van der Waals surface area contributed by atoms with Gasteiger partial charge in [0.15, 0.2) is 0 Å². The van der Waals surface area contributed by atoms with Crippen molar-refractivity contribution in [3.63, 3.8) is 0 Å². The molecule has 0 aliphatic carbocycles. The Morgan fingerprint density at radius 2 is 2.33 bits per heavy atom. The Bertz CT molecular complexity index is 360. The summed E-state index contributed by atoms with van der Waals surface area (Å²) in [4.78, 5) is 12.5. The second-order valence-corrected chi connectivity index (χ2v) is 4.19. The lowest BCUT2D eigenvalue weighted by Crippen LogP contribution is -2.12. The Morgan fingerprint density at radius 1 is 1.47 bits per heavy atom. The molecule has 1 aromatic carbocycles. The normalized spacial score (nSPS) is 14.1. The maximum absolute atomic E-state index is 10.2. The molecule has 0 aromatic heterocycles. The molecule has 2 rings (SSSR count). The third kappa shape index (κ3) is 2.20. The van der Waals surface area contributed by atoms with Crippen molar-refractivity contribution in [3.05, 3.63) is 29.3 Å². The van der Waals surface area contributed by atoms with Crippen LogP contribution in [0.2, 0.25) is 0 Å². The average Bonchev–Trinajstić information content (AvgIpc) is 2.61. The molecule has 1 aliphatic rings. The first-order valence-electron chi connectivity index (χ1n) is 5.58. The Hall–Kier alpha value is -1.31. The summed E-state index contributed by atoms with van der Waals surface area (Å²) in [5, 5.41) is 0. The van der Waals surface area contributed by atoms with Crippen LogP contribution < -0.4 is 4.90 Å². The second kappa shape index (κ2) is 4.47. The molecule has 15 heavy (non-hydrogen) atoms. The lowest BCUT2D eigenvalue weighted by molar-refractivity contribution is -0.107. The second-order valence-electron chi connectivity index (χ2n) is 4.19. The molecule has 1 aromatic rings. The van der Waals surface area contributed by atoms with Gasteiger partial charge in [0.2, 0.25) is 0 Å². The average molecular weight is 203 g/mol. The molecule has 0 atom stereocenters. The number of anilines is 1. The van der Waals surface area contributed by atoms with Gasteiger partial charge in [-0.1, -0.05) is 12.1 Å². The van der Waals surface area contributed by atoms with Crippen LogP contribution in [0, 0.1) is 0 Å². The predicted molar refractivity (Wildman–Crippen MR) is 62.4 cm³/mol. The molecular weight excluding hydrogens is 186 g/mol. The third-order valence-electron chi connectivity index (χ3n) is 3.06. The number of nitrogens with zero attached hydrogens (tertiary/aromatic N) is 1. The van der Waals surface area contributed by atoms with E-state index >= 15 is 0 Å². The van der Waals surface area contributed by atoms with Crippen LogP contribution >= 0.6 is 0 Å². The van der Waals surface area contributed by atoms with Crippen LogP contribution in [0.15, 0.2) is 18.2 Å². The van der Waals surface area contributed by atoms with E-state index in [0.29, 0.717) is 6.42 Å². The molecule has 0 fully saturated rings. The summed E-state index contributed by atoms with van der Waals surface area (Å²) in [5.74, 6) is 0. The summed E-state index contributed by atoms with van der Waals surface area (Å²) in [6.45, 7) is 1.13. The van der Waals surface area contributed by atoms with Gasteiger partial charge in [-0.3, -0.25) is 0 Å². The lowest BCUT2D eigenvalue weighted by atomic mass is 10.0. The van der Waals surface area contributed by atoms with Gasteiger partial charge >= 0.3 is 0 Å². The van der Waals surface area contributed by atoms with Crippen LogP contribution in [0.3, 0.4) is 0 Å². The highest BCUT2D eigenvalue weighted by atomic mass is 16.1. The van der Waals surface area contributed by atoms with Gasteiger partial charge in [0.25, 0.3) is 0 Å². The molecular formula is C13H17NO. The van der Waals surface area contributed by atoms with E-state index in [-0.39, 0.29) is 0 Å². The van der Waals surface area contributed by atoms with Crippen LogP contribution in [0.25, 0.3) is 0 Å². The van der Waals surface area contributed by atoms with Crippen LogP contribution in [0.5, 0.6) is 0 Å². The third-order valence-corrected chi connectivity index (χ3v) is 3.06. The first kappa shape index (κ1) is 10.2. The zero-order valence-electron chi connectivity index (χ0n) is 9.20. The highest BCUT2D eigenvalue weighted by molar-refractivity contribution is 5.58. The van der Waals surface area contributed by atoms with E-state index in [1.165, 1.54) is 16.8 Å². The largest absolute Gasteiger partial charge is 0.374 e. The van der Waals surface area contributed by atoms with Crippen LogP contribution in [-0.4, -0.2) is 19.9 Å². The molecule has 0 bridgehead atoms. The number of likely N-dealkylation sites (N-methyl/N-ethyl adjacent to an activating group) is 1. The number of carbonyl (C=O) groups excluding carboxylic acids is 1. The summed E-state index contributed by atoms with van der Waals surface area (Å²) in [6.07, 6.45) is 4.83. The van der Waals surface area contributed by atoms with E-state index in [1.54, 1.807) is 0 Å². The SMILES string of the molecule is CN1CCc2cc(CCCC=O)ccc21. The van der Waals surface area contributed by atoms with Crippen LogP contribution in [0.1, 0.15) is 24.0 Å². The molecule has 1 aliphatic heterocycles. The number of hydrogen-bond acceptors (Lipinski definition) is 2. The zero-order valence-corrected chi connectivity index (χ0v) is 9.20. The molecule has 0 amide bonds. The van der Waals surface area contributed by atoms with Crippen molar-refractivity contribution in [2.75, 3.05) is 18.5 Å². The lowest BCUT2D eigenvalue weighted by Gasteiger charge is -2.11. The molecule has 0 saturated heterocycles. The summed E-state index contributed by atoms with van der Waals surface area (Å²) in [6, 6.07) is 6.69. The summed E-state index contributed by atoms with van der Waals surface area (Å²) < 4.78 is 0. The Morgan fingerprint density at radius 3 is 3.13 bits per heavy atom. The van der Waals surface area contributed by atoms with Crippen LogP contribution in [-0.2, 0) is 17.6 Å². The summed E-state index contributed by atoms with van der Waals surface area (Å²) >= 11 is 0. The van der Waals surface area contributed by atoms with Crippen molar-refractivity contribution in [3.8, 4) is 0 Å². The van der Waals surface area contributed by atoms with E-state index in [4.69, 9.17) is 0 Å². The topological polar surface area (TPSA) is 20.3 Å². The quantitative estimate of drug-likeness (QED) is 0.552. The van der Waals surface area contributed by atoms with Crippen molar-refractivity contribution in [1.29, 1.82) is 0 Å². The minimum atomic E-state index is 0.678. The number of aldehydes is 1. The van der Waals surface area contributed by atoms with Crippen LogP contribution in [0.4, 0.5) is 5.69 Å². The maximum atomic E-state index is 10.2. The number of rotatable bonds is 4. The molecule has 80 valence electrons. The van der Waals surface area contributed by atoms with E-state index in [2.05, 4.69) is 30.1 Å². The van der Waals surface area contributed by atoms with Gasteiger partial charge in [-0.05, 0) is 36.5 Å². The first-order chi connectivity index (χ1) is 7.31. The molecule has 0 radical (unpaired) electrons. The minimum absolute atomic E-state index is 0.678. The summed E-state index contributed by atoms with van der Waals surface area (Å²) in [7, 11) is 2.14. The van der Waals surface area contributed by atoms with Gasteiger partial charge in [-0.2, -0.15) is 0 Å². The first-order valence-corrected chi connectivity index (χ1v) is 5.58. The van der Waals surface area contributed by atoms with E-state index < -0.39 is 0 Å². The van der Waals surface area contributed by atoms with Crippen molar-refractivity contribution in [2.24, 2.45) is 0 Å². The number of fused-ring (bicyclic) bond motifs is 1. The number of unbranched alkanes of at least 4 members (excludes halogenated alkanes) is 1. The zero-order chi connectivity index (χ0) is 10.7. The van der Waals surface area contributed by atoms with Crippen molar-refractivity contribution >= 4 is 12.0 Å². The summed E-state index contributed by atoms with van der Waals surface area (Å²) in [5.41, 5.74) is 4.20. The monoisotopic (exact) mass is 203 g/mol. The van der Waals surface area contributed by atoms with E-state index in [1.807, 2.05) is 0 Å². The minimum Gasteiger partial charge on any atom is -0.374 e. The molecule has 1 heterocycles. The molecule has 0 N–H and O–H groups in total. The number of carbonyl (C=O) groups is 1. The molecule has 0 saturated carbocycles. The van der Waals surface area contributed by atoms with Gasteiger partial charge in [-0.25, -0.2) is 0 Å². The van der Waals surface area contributed by atoms with Crippen molar-refractivity contribution in [2.45, 2.75) is 25.7 Å². The fourth-order valence-electron chi connectivity index (χ4n) is 2.17. The van der Waals surface area contributed by atoms with Gasteiger partial charge in [0, 0.05) is 25.7 Å². The van der Waals surface area contributed by atoms with Crippen molar-refractivity contribution in [1.82, 2.24) is 0 Å². The number of hydrogen-bond donors (Lipinski definition) is 0. The molecule has 2 heteroatoms. The Kier molecular flexibility index (Phi) is 3.05. The molecule has 0 spiro atoms. The number of aryl methyl sites for hydroxylation is 1. The highest BCUT2D eigenvalue weighted by Crippen LogP contribution is 2.27. The van der Waals surface area contributed by atoms with E-state index in [9.17, 15) is 4.79 Å². The fourth-order valence-corrected chi connectivity index (χ4v) is 2.17. The maximum Gasteiger partial charge on any atom is 0.120 e. The highest BCUT2D eigenvalue weighted by Gasteiger charge is 2.14. The van der Waals surface area contributed by atoms with Gasteiger partial charge in [-0.15, -0.1) is 0 Å². The van der Waals surface area contributed by atoms with Gasteiger partial charge in [0.05, 0.1) is 0 Å². The smallest absolute Gasteiger partial charge is 0.120 e. The molecule has 0 unspecified atom stereocenters.